The van der Waals surface area contributed by atoms with E-state index in [9.17, 15) is 10.2 Å². The van der Waals surface area contributed by atoms with Crippen LogP contribution in [-0.2, 0) is 19.5 Å². The number of nitrogens with zero attached hydrogens (tertiary/aromatic N) is 2. The van der Waals surface area contributed by atoms with Crippen LogP contribution in [0.15, 0.2) is 36.4 Å². The highest BCUT2D eigenvalue weighted by atomic mass is 35.5. The Bertz CT molecular complexity index is 985. The van der Waals surface area contributed by atoms with Gasteiger partial charge in [0, 0.05) is 48.9 Å². The molecule has 0 spiro atoms. The van der Waals surface area contributed by atoms with Gasteiger partial charge in [-0.05, 0) is 30.7 Å². The zero-order chi connectivity index (χ0) is 19.7. The van der Waals surface area contributed by atoms with E-state index in [0.29, 0.717) is 24.4 Å². The number of phenolic OH excluding ortho intramolecular Hbond substituents is 2. The Morgan fingerprint density at radius 3 is 2.71 bits per heavy atom. The second-order valence-corrected chi connectivity index (χ2v) is 7.29. The molecular weight excluding hydrogens is 378 g/mol. The molecule has 2 aromatic carbocycles. The number of aromatic amines is 1. The summed E-state index contributed by atoms with van der Waals surface area (Å²) in [7, 11) is 0. The number of ether oxygens (including phenoxy) is 1. The predicted octanol–water partition coefficient (Wildman–Crippen LogP) is 4.10. The molecule has 0 fully saturated rings. The number of hydrogen-bond acceptors (Lipinski definition) is 5. The lowest BCUT2D eigenvalue weighted by Crippen LogP contribution is -2.30. The van der Waals surface area contributed by atoms with Gasteiger partial charge in [-0.1, -0.05) is 23.7 Å². The molecule has 4 rings (SSSR count). The van der Waals surface area contributed by atoms with Gasteiger partial charge < -0.3 is 14.9 Å². The van der Waals surface area contributed by atoms with Crippen LogP contribution in [0.2, 0.25) is 5.02 Å². The number of benzene rings is 2. The first kappa shape index (κ1) is 18.7. The molecule has 146 valence electrons. The first-order valence-electron chi connectivity index (χ1n) is 9.27. The topological polar surface area (TPSA) is 81.6 Å². The summed E-state index contributed by atoms with van der Waals surface area (Å²) in [5.41, 5.74) is 4.53. The predicted molar refractivity (Wildman–Crippen MR) is 108 cm³/mol. The van der Waals surface area contributed by atoms with Crippen molar-refractivity contribution in [3.63, 3.8) is 0 Å². The molecule has 6 nitrogen and oxygen atoms in total. The van der Waals surface area contributed by atoms with Gasteiger partial charge in [-0.2, -0.15) is 5.10 Å². The summed E-state index contributed by atoms with van der Waals surface area (Å²) in [4.78, 5) is 2.34. The van der Waals surface area contributed by atoms with E-state index in [2.05, 4.69) is 27.2 Å². The molecule has 1 aromatic heterocycles. The van der Waals surface area contributed by atoms with Gasteiger partial charge in [-0.25, -0.2) is 0 Å². The molecule has 3 N–H and O–H groups in total. The van der Waals surface area contributed by atoms with Crippen molar-refractivity contribution in [1.29, 1.82) is 0 Å². The number of fused-ring (bicyclic) bond motifs is 1. The van der Waals surface area contributed by atoms with Gasteiger partial charge in [0.25, 0.3) is 0 Å². The molecule has 0 saturated heterocycles. The van der Waals surface area contributed by atoms with Gasteiger partial charge in [-0.3, -0.25) is 10.00 Å². The molecule has 0 saturated carbocycles. The molecule has 7 heteroatoms. The molecule has 0 aliphatic carbocycles. The van der Waals surface area contributed by atoms with Crippen LogP contribution in [-0.4, -0.2) is 38.5 Å². The maximum Gasteiger partial charge on any atom is 0.137 e. The Kier molecular flexibility index (Phi) is 5.15. The van der Waals surface area contributed by atoms with Crippen molar-refractivity contribution >= 4 is 11.6 Å². The largest absolute Gasteiger partial charge is 0.507 e. The minimum absolute atomic E-state index is 0.0418. The molecule has 0 radical (unpaired) electrons. The van der Waals surface area contributed by atoms with E-state index in [-0.39, 0.29) is 16.5 Å². The van der Waals surface area contributed by atoms with Crippen LogP contribution in [0.25, 0.3) is 11.3 Å². The summed E-state index contributed by atoms with van der Waals surface area (Å²) < 4.78 is 5.50. The molecule has 0 unspecified atom stereocenters. The van der Waals surface area contributed by atoms with Crippen molar-refractivity contribution in [1.82, 2.24) is 15.1 Å². The Morgan fingerprint density at radius 2 is 1.96 bits per heavy atom. The van der Waals surface area contributed by atoms with Gasteiger partial charge in [0.1, 0.15) is 22.9 Å². The smallest absolute Gasteiger partial charge is 0.137 e. The molecule has 0 amide bonds. The van der Waals surface area contributed by atoms with Crippen LogP contribution in [0.1, 0.15) is 23.7 Å². The lowest BCUT2D eigenvalue weighted by atomic mass is 10.00. The van der Waals surface area contributed by atoms with E-state index < -0.39 is 0 Å². The van der Waals surface area contributed by atoms with Crippen molar-refractivity contribution in [2.24, 2.45) is 0 Å². The molecular formula is C21H22ClN3O3. The Morgan fingerprint density at radius 1 is 1.18 bits per heavy atom. The maximum absolute atomic E-state index is 10.3. The monoisotopic (exact) mass is 399 g/mol. The zero-order valence-electron chi connectivity index (χ0n) is 15.6. The molecule has 3 aromatic rings. The van der Waals surface area contributed by atoms with Gasteiger partial charge in [-0.15, -0.1) is 0 Å². The third-order valence-electron chi connectivity index (χ3n) is 4.97. The number of phenols is 2. The van der Waals surface area contributed by atoms with E-state index in [0.717, 1.165) is 36.5 Å². The standard InChI is InChI=1S/C21H22ClN3O3/c1-2-28-14-5-3-13(4-6-14)11-25-8-7-18-16(12-25)21(24-23-18)15-9-17(22)20(27)10-19(15)26/h3-6,9-10,26-27H,2,7-8,11-12H2,1H3,(H,23,24). The quantitative estimate of drug-likeness (QED) is 0.601. The summed E-state index contributed by atoms with van der Waals surface area (Å²) in [5, 5.41) is 27.6. The van der Waals surface area contributed by atoms with Crippen molar-refractivity contribution < 1.29 is 14.9 Å². The lowest BCUT2D eigenvalue weighted by Gasteiger charge is -2.27. The summed E-state index contributed by atoms with van der Waals surface area (Å²) in [5.74, 6) is 0.688. The van der Waals surface area contributed by atoms with Crippen LogP contribution in [0.5, 0.6) is 17.2 Å². The second-order valence-electron chi connectivity index (χ2n) is 6.89. The number of rotatable bonds is 5. The van der Waals surface area contributed by atoms with Crippen molar-refractivity contribution in [3.05, 3.63) is 58.2 Å². The van der Waals surface area contributed by atoms with Crippen molar-refractivity contribution in [2.45, 2.75) is 26.4 Å². The lowest BCUT2D eigenvalue weighted by molar-refractivity contribution is 0.245. The average Bonchev–Trinajstić information content (AvgIpc) is 3.09. The molecule has 2 heterocycles. The van der Waals surface area contributed by atoms with Gasteiger partial charge >= 0.3 is 0 Å². The fourth-order valence-electron chi connectivity index (χ4n) is 3.57. The molecule has 1 aliphatic rings. The number of aromatic nitrogens is 2. The minimum Gasteiger partial charge on any atom is -0.507 e. The Hall–Kier alpha value is -2.70. The van der Waals surface area contributed by atoms with E-state index in [1.165, 1.54) is 11.6 Å². The van der Waals surface area contributed by atoms with Crippen LogP contribution in [0.3, 0.4) is 0 Å². The van der Waals surface area contributed by atoms with Crippen molar-refractivity contribution in [3.8, 4) is 28.5 Å². The number of halogens is 1. The minimum atomic E-state index is -0.149. The van der Waals surface area contributed by atoms with E-state index in [1.54, 1.807) is 6.07 Å². The third kappa shape index (κ3) is 3.66. The van der Waals surface area contributed by atoms with Crippen molar-refractivity contribution in [2.75, 3.05) is 13.2 Å². The normalized spacial score (nSPS) is 14.1. The molecule has 0 bridgehead atoms. The van der Waals surface area contributed by atoms with E-state index in [4.69, 9.17) is 16.3 Å². The van der Waals surface area contributed by atoms with Gasteiger partial charge in [0.15, 0.2) is 0 Å². The number of H-pyrrole nitrogens is 1. The average molecular weight is 400 g/mol. The highest BCUT2D eigenvalue weighted by Crippen LogP contribution is 2.39. The summed E-state index contributed by atoms with van der Waals surface area (Å²) >= 11 is 6.04. The SMILES string of the molecule is CCOc1ccc(CN2CCc3[nH]nc(-c4cc(Cl)c(O)cc4O)c3C2)cc1. The van der Waals surface area contributed by atoms with Gasteiger partial charge in [0.05, 0.1) is 11.6 Å². The number of aromatic hydroxyl groups is 2. The maximum atomic E-state index is 10.3. The summed E-state index contributed by atoms with van der Waals surface area (Å²) in [6.45, 7) is 5.09. The first-order valence-corrected chi connectivity index (χ1v) is 9.65. The second kappa shape index (κ2) is 7.73. The fraction of sp³-hybridized carbons (Fsp3) is 0.286. The van der Waals surface area contributed by atoms with E-state index in [1.807, 2.05) is 19.1 Å². The third-order valence-corrected chi connectivity index (χ3v) is 5.28. The van der Waals surface area contributed by atoms with Crippen LogP contribution in [0, 0.1) is 0 Å². The molecule has 1 aliphatic heterocycles. The Labute approximate surface area is 168 Å². The summed E-state index contributed by atoms with van der Waals surface area (Å²) in [6, 6.07) is 11.0. The van der Waals surface area contributed by atoms with Crippen LogP contribution in [0.4, 0.5) is 0 Å². The molecule has 0 atom stereocenters. The zero-order valence-corrected chi connectivity index (χ0v) is 16.3. The van der Waals surface area contributed by atoms with Crippen LogP contribution >= 0.6 is 11.6 Å². The van der Waals surface area contributed by atoms with E-state index >= 15 is 0 Å². The highest BCUT2D eigenvalue weighted by Gasteiger charge is 2.24. The first-order chi connectivity index (χ1) is 13.5. The molecule has 28 heavy (non-hydrogen) atoms. The van der Waals surface area contributed by atoms with Gasteiger partial charge in [0.2, 0.25) is 0 Å². The summed E-state index contributed by atoms with van der Waals surface area (Å²) in [6.07, 6.45) is 0.853. The fourth-order valence-corrected chi connectivity index (χ4v) is 3.73. The Balaban J connectivity index is 1.55. The highest BCUT2D eigenvalue weighted by molar-refractivity contribution is 6.32. The number of hydrogen-bond donors (Lipinski definition) is 3. The van der Waals surface area contributed by atoms with Crippen LogP contribution < -0.4 is 4.74 Å². The number of nitrogens with one attached hydrogen (secondary N) is 1.